The first-order valence-corrected chi connectivity index (χ1v) is 8.93. The van der Waals surface area contributed by atoms with Crippen LogP contribution in [0.4, 0.5) is 11.4 Å². The van der Waals surface area contributed by atoms with Gasteiger partial charge < -0.3 is 15.5 Å². The van der Waals surface area contributed by atoms with Gasteiger partial charge in [-0.05, 0) is 41.5 Å². The second-order valence-electron chi connectivity index (χ2n) is 6.60. The van der Waals surface area contributed by atoms with Crippen LogP contribution < -0.4 is 15.5 Å². The van der Waals surface area contributed by atoms with Gasteiger partial charge in [0.25, 0.3) is 0 Å². The molecule has 144 valence electrons. The molecule has 0 fully saturated rings. The summed E-state index contributed by atoms with van der Waals surface area (Å²) in [5, 5.41) is 9.44. The molecule has 0 saturated heterocycles. The highest BCUT2D eigenvalue weighted by atomic mass is 16.2. The molecule has 1 aromatic heterocycles. The summed E-state index contributed by atoms with van der Waals surface area (Å²) in [4.78, 5) is 26.2. The van der Waals surface area contributed by atoms with E-state index in [-0.39, 0.29) is 0 Å². The van der Waals surface area contributed by atoms with E-state index in [1.54, 1.807) is 16.9 Å². The summed E-state index contributed by atoms with van der Waals surface area (Å²) < 4.78 is 1.79. The minimum absolute atomic E-state index is 0.291. The summed E-state index contributed by atoms with van der Waals surface area (Å²) in [6.07, 6.45) is 3.58. The fourth-order valence-corrected chi connectivity index (χ4v) is 2.69. The molecule has 0 unspecified atom stereocenters. The van der Waals surface area contributed by atoms with E-state index in [1.807, 2.05) is 73.7 Å². The predicted molar refractivity (Wildman–Crippen MR) is 109 cm³/mol. The number of amides is 2. The lowest BCUT2D eigenvalue weighted by atomic mass is 10.2. The van der Waals surface area contributed by atoms with E-state index < -0.39 is 11.8 Å². The third-order valence-corrected chi connectivity index (χ3v) is 4.20. The van der Waals surface area contributed by atoms with Gasteiger partial charge in [0, 0.05) is 44.4 Å². The molecule has 0 aliphatic carbocycles. The van der Waals surface area contributed by atoms with Gasteiger partial charge in [0.2, 0.25) is 0 Å². The average molecular weight is 377 g/mol. The number of nitrogens with one attached hydrogen (secondary N) is 2. The van der Waals surface area contributed by atoms with Crippen LogP contribution in [0.5, 0.6) is 0 Å². The summed E-state index contributed by atoms with van der Waals surface area (Å²) in [5.41, 5.74) is 3.54. The van der Waals surface area contributed by atoms with Gasteiger partial charge >= 0.3 is 11.8 Å². The lowest BCUT2D eigenvalue weighted by Crippen LogP contribution is -2.35. The molecule has 7 heteroatoms. The highest BCUT2D eigenvalue weighted by Gasteiger charge is 2.13. The van der Waals surface area contributed by atoms with Gasteiger partial charge in [-0.2, -0.15) is 5.10 Å². The van der Waals surface area contributed by atoms with Crippen LogP contribution in [0.3, 0.4) is 0 Å². The van der Waals surface area contributed by atoms with Gasteiger partial charge in [-0.3, -0.25) is 14.3 Å². The Morgan fingerprint density at radius 2 is 1.79 bits per heavy atom. The van der Waals surface area contributed by atoms with E-state index >= 15 is 0 Å². The Balaban J connectivity index is 1.53. The molecule has 0 spiro atoms. The van der Waals surface area contributed by atoms with Crippen LogP contribution in [-0.4, -0.2) is 35.7 Å². The fourth-order valence-electron chi connectivity index (χ4n) is 2.69. The molecule has 2 aromatic carbocycles. The highest BCUT2D eigenvalue weighted by Crippen LogP contribution is 2.13. The second kappa shape index (κ2) is 8.85. The predicted octanol–water partition coefficient (Wildman–Crippen LogP) is 2.25. The van der Waals surface area contributed by atoms with Crippen molar-refractivity contribution in [3.8, 4) is 0 Å². The summed E-state index contributed by atoms with van der Waals surface area (Å²) in [6.45, 7) is 0.880. The number of hydrogen-bond acceptors (Lipinski definition) is 4. The molecule has 1 heterocycles. The monoisotopic (exact) mass is 377 g/mol. The van der Waals surface area contributed by atoms with E-state index in [4.69, 9.17) is 0 Å². The van der Waals surface area contributed by atoms with Crippen molar-refractivity contribution in [1.29, 1.82) is 0 Å². The van der Waals surface area contributed by atoms with E-state index in [0.717, 1.165) is 16.8 Å². The molecule has 3 rings (SSSR count). The molecule has 3 aromatic rings. The number of aromatic nitrogens is 2. The minimum atomic E-state index is -0.693. The van der Waals surface area contributed by atoms with E-state index in [2.05, 4.69) is 15.7 Å². The van der Waals surface area contributed by atoms with Gasteiger partial charge in [-0.1, -0.05) is 24.3 Å². The van der Waals surface area contributed by atoms with Crippen molar-refractivity contribution < 1.29 is 9.59 Å². The normalized spacial score (nSPS) is 10.4. The van der Waals surface area contributed by atoms with Crippen molar-refractivity contribution in [3.63, 3.8) is 0 Å². The molecule has 7 nitrogen and oxygen atoms in total. The van der Waals surface area contributed by atoms with Crippen LogP contribution >= 0.6 is 0 Å². The zero-order valence-electron chi connectivity index (χ0n) is 15.9. The van der Waals surface area contributed by atoms with Crippen LogP contribution in [0, 0.1) is 0 Å². The summed E-state index contributed by atoms with van der Waals surface area (Å²) >= 11 is 0. The first-order valence-electron chi connectivity index (χ1n) is 8.93. The van der Waals surface area contributed by atoms with E-state index in [9.17, 15) is 9.59 Å². The molecule has 0 aliphatic heterocycles. The molecular weight excluding hydrogens is 354 g/mol. The Bertz CT molecular complexity index is 934. The highest BCUT2D eigenvalue weighted by molar-refractivity contribution is 6.39. The van der Waals surface area contributed by atoms with Gasteiger partial charge in [0.05, 0.1) is 6.54 Å². The number of anilines is 2. The van der Waals surface area contributed by atoms with Gasteiger partial charge in [-0.15, -0.1) is 0 Å². The maximum atomic E-state index is 12.2. The number of benzene rings is 2. The number of carbonyl (C=O) groups excluding carboxylic acids is 2. The molecule has 28 heavy (non-hydrogen) atoms. The number of carbonyl (C=O) groups is 2. The first-order chi connectivity index (χ1) is 13.5. The van der Waals surface area contributed by atoms with Crippen LogP contribution in [0.15, 0.2) is 67.0 Å². The van der Waals surface area contributed by atoms with Crippen LogP contribution in [0.2, 0.25) is 0 Å². The Labute approximate surface area is 164 Å². The molecule has 0 aliphatic rings. The number of rotatable bonds is 6. The molecule has 0 atom stereocenters. The fraction of sp³-hybridized carbons (Fsp3) is 0.190. The lowest BCUT2D eigenvalue weighted by Gasteiger charge is -2.13. The summed E-state index contributed by atoms with van der Waals surface area (Å²) in [6, 6.07) is 17.0. The molecule has 0 radical (unpaired) electrons. The molecule has 0 bridgehead atoms. The zero-order chi connectivity index (χ0) is 19.9. The van der Waals surface area contributed by atoms with Crippen molar-refractivity contribution in [1.82, 2.24) is 15.1 Å². The van der Waals surface area contributed by atoms with Crippen molar-refractivity contribution in [2.75, 3.05) is 24.3 Å². The van der Waals surface area contributed by atoms with Gasteiger partial charge in [-0.25, -0.2) is 0 Å². The maximum absolute atomic E-state index is 12.2. The average Bonchev–Trinajstić information content (AvgIpc) is 3.19. The topological polar surface area (TPSA) is 79.3 Å². The van der Waals surface area contributed by atoms with Crippen molar-refractivity contribution in [2.45, 2.75) is 13.1 Å². The lowest BCUT2D eigenvalue weighted by molar-refractivity contribution is -0.136. The Hall–Kier alpha value is -3.61. The smallest absolute Gasteiger partial charge is 0.313 e. The van der Waals surface area contributed by atoms with Crippen molar-refractivity contribution in [3.05, 3.63) is 78.1 Å². The van der Waals surface area contributed by atoms with E-state index in [1.165, 1.54) is 0 Å². The zero-order valence-corrected chi connectivity index (χ0v) is 15.9. The Morgan fingerprint density at radius 3 is 2.46 bits per heavy atom. The number of hydrogen-bond donors (Lipinski definition) is 2. The number of nitrogens with zero attached hydrogens (tertiary/aromatic N) is 3. The van der Waals surface area contributed by atoms with E-state index in [0.29, 0.717) is 18.8 Å². The molecule has 2 amide bonds. The van der Waals surface area contributed by atoms with Crippen LogP contribution in [0.1, 0.15) is 11.1 Å². The first kappa shape index (κ1) is 19.2. The largest absolute Gasteiger partial charge is 0.378 e. The third-order valence-electron chi connectivity index (χ3n) is 4.20. The quantitative estimate of drug-likeness (QED) is 0.646. The summed E-state index contributed by atoms with van der Waals surface area (Å²) in [7, 11) is 3.93. The standard InChI is InChI=1S/C21H23N5O2/c1-25(2)19-9-7-16(8-10-19)14-22-20(27)21(28)24-18-6-3-5-17(13-18)15-26-12-4-11-23-26/h3-13H,14-15H2,1-2H3,(H,22,27)(H,24,28). The second-order valence-corrected chi connectivity index (χ2v) is 6.60. The van der Waals surface area contributed by atoms with Crippen LogP contribution in [0.25, 0.3) is 0 Å². The SMILES string of the molecule is CN(C)c1ccc(CNC(=O)C(=O)Nc2cccc(Cn3cccn3)c2)cc1. The Morgan fingerprint density at radius 1 is 1.00 bits per heavy atom. The van der Waals surface area contributed by atoms with Crippen molar-refractivity contribution in [2.24, 2.45) is 0 Å². The van der Waals surface area contributed by atoms with Crippen LogP contribution in [-0.2, 0) is 22.7 Å². The Kier molecular flexibility index (Phi) is 6.06. The van der Waals surface area contributed by atoms with Gasteiger partial charge in [0.1, 0.15) is 0 Å². The molecular formula is C21H23N5O2. The minimum Gasteiger partial charge on any atom is -0.378 e. The van der Waals surface area contributed by atoms with Gasteiger partial charge in [0.15, 0.2) is 0 Å². The maximum Gasteiger partial charge on any atom is 0.313 e. The third kappa shape index (κ3) is 5.20. The summed E-state index contributed by atoms with van der Waals surface area (Å²) in [5.74, 6) is -1.37. The molecule has 2 N–H and O–H groups in total. The molecule has 0 saturated carbocycles. The van der Waals surface area contributed by atoms with Crippen molar-refractivity contribution >= 4 is 23.2 Å².